The van der Waals surface area contributed by atoms with Crippen LogP contribution in [0.3, 0.4) is 0 Å². The van der Waals surface area contributed by atoms with Crippen LogP contribution in [0.25, 0.3) is 0 Å². The molecule has 2 aromatic rings. The molecule has 0 radical (unpaired) electrons. The molecular formula is C20H25NO2. The third kappa shape index (κ3) is 4.59. The van der Waals surface area contributed by atoms with Gasteiger partial charge in [-0.15, -0.1) is 0 Å². The van der Waals surface area contributed by atoms with Crippen LogP contribution in [-0.2, 0) is 4.79 Å². The van der Waals surface area contributed by atoms with Gasteiger partial charge in [0.1, 0.15) is 5.75 Å². The number of anilines is 1. The Morgan fingerprint density at radius 3 is 2.26 bits per heavy atom. The lowest BCUT2D eigenvalue weighted by Crippen LogP contribution is -2.32. The van der Waals surface area contributed by atoms with Gasteiger partial charge in [0.15, 0.2) is 6.10 Å². The molecule has 0 aliphatic carbocycles. The third-order valence-electron chi connectivity index (χ3n) is 3.79. The molecule has 0 heterocycles. The van der Waals surface area contributed by atoms with Crippen LogP contribution in [0.4, 0.5) is 5.69 Å². The van der Waals surface area contributed by atoms with Crippen molar-refractivity contribution in [3.05, 3.63) is 58.7 Å². The van der Waals surface area contributed by atoms with E-state index in [1.165, 1.54) is 0 Å². The van der Waals surface area contributed by atoms with Crippen molar-refractivity contribution in [3.63, 3.8) is 0 Å². The average Bonchev–Trinajstić information content (AvgIpc) is 2.47. The fourth-order valence-electron chi connectivity index (χ4n) is 2.57. The van der Waals surface area contributed by atoms with Gasteiger partial charge in [-0.2, -0.15) is 0 Å². The number of benzene rings is 2. The predicted octanol–water partition coefficient (Wildman–Crippen LogP) is 4.72. The van der Waals surface area contributed by atoms with Crippen LogP contribution >= 0.6 is 0 Å². The average molecular weight is 311 g/mol. The van der Waals surface area contributed by atoms with E-state index in [9.17, 15) is 4.79 Å². The summed E-state index contributed by atoms with van der Waals surface area (Å²) in [6, 6.07) is 12.0. The van der Waals surface area contributed by atoms with Crippen molar-refractivity contribution in [3.8, 4) is 5.75 Å². The summed E-state index contributed by atoms with van der Waals surface area (Å²) in [5.41, 5.74) is 5.27. The fourth-order valence-corrected chi connectivity index (χ4v) is 2.57. The van der Waals surface area contributed by atoms with Crippen molar-refractivity contribution in [1.29, 1.82) is 0 Å². The minimum atomic E-state index is -0.504. The van der Waals surface area contributed by atoms with Crippen molar-refractivity contribution >= 4 is 11.6 Å². The number of carbonyl (C=O) groups excluding carboxylic acids is 1. The van der Waals surface area contributed by atoms with Gasteiger partial charge in [0.05, 0.1) is 0 Å². The Labute approximate surface area is 138 Å². The maximum Gasteiger partial charge on any atom is 0.265 e. The lowest BCUT2D eigenvalue weighted by molar-refractivity contribution is -0.122. The molecule has 0 aliphatic heterocycles. The van der Waals surface area contributed by atoms with Crippen LogP contribution in [0.15, 0.2) is 36.4 Å². The largest absolute Gasteiger partial charge is 0.481 e. The summed E-state index contributed by atoms with van der Waals surface area (Å²) in [6.45, 7) is 10.0. The molecule has 1 atom stereocenters. The van der Waals surface area contributed by atoms with E-state index in [1.54, 1.807) is 0 Å². The molecule has 0 saturated carbocycles. The zero-order valence-corrected chi connectivity index (χ0v) is 14.6. The molecule has 1 unspecified atom stereocenters. The van der Waals surface area contributed by atoms with E-state index < -0.39 is 6.10 Å². The first-order valence-corrected chi connectivity index (χ1v) is 8.02. The van der Waals surface area contributed by atoms with Gasteiger partial charge in [0, 0.05) is 5.69 Å². The Bertz CT molecular complexity index is 687. The van der Waals surface area contributed by atoms with Gasteiger partial charge in [0.2, 0.25) is 0 Å². The van der Waals surface area contributed by atoms with Gasteiger partial charge in [-0.1, -0.05) is 25.1 Å². The molecule has 0 bridgehead atoms. The molecule has 2 rings (SSSR count). The summed E-state index contributed by atoms with van der Waals surface area (Å²) < 4.78 is 5.92. The van der Waals surface area contributed by atoms with Crippen molar-refractivity contribution in [2.45, 2.75) is 47.1 Å². The summed E-state index contributed by atoms with van der Waals surface area (Å²) in [7, 11) is 0. The second kappa shape index (κ2) is 7.32. The van der Waals surface area contributed by atoms with E-state index in [0.29, 0.717) is 6.42 Å². The molecule has 2 aromatic carbocycles. The molecule has 0 spiro atoms. The summed E-state index contributed by atoms with van der Waals surface area (Å²) in [5, 5.41) is 2.99. The van der Waals surface area contributed by atoms with E-state index in [1.807, 2.05) is 65.0 Å². The standard InChI is InChI=1S/C20H25NO2/c1-6-19(23-17-10-14(3)9-15(4)11-17)20(22)21-18-12-13(2)7-8-16(18)5/h7-12,19H,6H2,1-5H3,(H,21,22). The number of hydrogen-bond donors (Lipinski definition) is 1. The van der Waals surface area contributed by atoms with Gasteiger partial charge in [-0.05, 0) is 74.6 Å². The molecule has 0 fully saturated rings. The number of nitrogens with one attached hydrogen (secondary N) is 1. The first-order valence-electron chi connectivity index (χ1n) is 8.02. The minimum absolute atomic E-state index is 0.111. The third-order valence-corrected chi connectivity index (χ3v) is 3.79. The summed E-state index contributed by atoms with van der Waals surface area (Å²) >= 11 is 0. The van der Waals surface area contributed by atoms with Crippen LogP contribution in [0.2, 0.25) is 0 Å². The highest BCUT2D eigenvalue weighted by Gasteiger charge is 2.19. The lowest BCUT2D eigenvalue weighted by Gasteiger charge is -2.19. The second-order valence-corrected chi connectivity index (χ2v) is 6.15. The number of carbonyl (C=O) groups is 1. The van der Waals surface area contributed by atoms with E-state index in [4.69, 9.17) is 4.74 Å². The Hall–Kier alpha value is -2.29. The van der Waals surface area contributed by atoms with Crippen molar-refractivity contribution in [1.82, 2.24) is 0 Å². The number of rotatable bonds is 5. The Morgan fingerprint density at radius 1 is 1.00 bits per heavy atom. The van der Waals surface area contributed by atoms with E-state index in [2.05, 4.69) is 11.4 Å². The monoisotopic (exact) mass is 311 g/mol. The zero-order chi connectivity index (χ0) is 17.0. The number of amides is 1. The van der Waals surface area contributed by atoms with Gasteiger partial charge in [-0.3, -0.25) is 4.79 Å². The quantitative estimate of drug-likeness (QED) is 0.868. The van der Waals surface area contributed by atoms with E-state index in [-0.39, 0.29) is 5.91 Å². The van der Waals surface area contributed by atoms with Gasteiger partial charge < -0.3 is 10.1 Å². The first-order chi connectivity index (χ1) is 10.9. The van der Waals surface area contributed by atoms with Gasteiger partial charge >= 0.3 is 0 Å². The Morgan fingerprint density at radius 2 is 1.65 bits per heavy atom. The highest BCUT2D eigenvalue weighted by Crippen LogP contribution is 2.21. The van der Waals surface area contributed by atoms with Crippen molar-refractivity contribution in [2.75, 3.05) is 5.32 Å². The normalized spacial score (nSPS) is 11.9. The molecule has 0 aromatic heterocycles. The van der Waals surface area contributed by atoms with Crippen molar-refractivity contribution < 1.29 is 9.53 Å². The molecule has 1 amide bonds. The minimum Gasteiger partial charge on any atom is -0.481 e. The lowest BCUT2D eigenvalue weighted by atomic mass is 10.1. The number of hydrogen-bond acceptors (Lipinski definition) is 2. The molecular weight excluding hydrogens is 286 g/mol. The SMILES string of the molecule is CCC(Oc1cc(C)cc(C)c1)C(=O)Nc1cc(C)ccc1C. The summed E-state index contributed by atoms with van der Waals surface area (Å²) in [6.07, 6.45) is 0.111. The molecule has 122 valence electrons. The second-order valence-electron chi connectivity index (χ2n) is 6.15. The van der Waals surface area contributed by atoms with Crippen LogP contribution in [0.5, 0.6) is 5.75 Å². The van der Waals surface area contributed by atoms with Gasteiger partial charge in [-0.25, -0.2) is 0 Å². The topological polar surface area (TPSA) is 38.3 Å². The van der Waals surface area contributed by atoms with Crippen molar-refractivity contribution in [2.24, 2.45) is 0 Å². The van der Waals surface area contributed by atoms with E-state index >= 15 is 0 Å². The predicted molar refractivity (Wildman–Crippen MR) is 95.2 cm³/mol. The number of aryl methyl sites for hydroxylation is 4. The molecule has 0 saturated heterocycles. The molecule has 3 heteroatoms. The molecule has 0 aliphatic rings. The smallest absolute Gasteiger partial charge is 0.265 e. The molecule has 3 nitrogen and oxygen atoms in total. The van der Waals surface area contributed by atoms with Crippen LogP contribution in [-0.4, -0.2) is 12.0 Å². The Kier molecular flexibility index (Phi) is 5.43. The summed E-state index contributed by atoms with van der Waals surface area (Å²) in [4.78, 5) is 12.5. The first kappa shape index (κ1) is 17.1. The Balaban J connectivity index is 2.13. The zero-order valence-electron chi connectivity index (χ0n) is 14.6. The van der Waals surface area contributed by atoms with Gasteiger partial charge in [0.25, 0.3) is 5.91 Å². The number of ether oxygens (including phenoxy) is 1. The maximum absolute atomic E-state index is 12.5. The maximum atomic E-state index is 12.5. The van der Waals surface area contributed by atoms with E-state index in [0.717, 1.165) is 33.7 Å². The highest BCUT2D eigenvalue weighted by atomic mass is 16.5. The van der Waals surface area contributed by atoms with Crippen LogP contribution < -0.4 is 10.1 Å². The van der Waals surface area contributed by atoms with Crippen LogP contribution in [0, 0.1) is 27.7 Å². The highest BCUT2D eigenvalue weighted by molar-refractivity contribution is 5.95. The van der Waals surface area contributed by atoms with Crippen LogP contribution in [0.1, 0.15) is 35.6 Å². The molecule has 23 heavy (non-hydrogen) atoms. The fraction of sp³-hybridized carbons (Fsp3) is 0.350. The summed E-state index contributed by atoms with van der Waals surface area (Å²) in [5.74, 6) is 0.630. The molecule has 1 N–H and O–H groups in total.